The molecule has 12 nitrogen and oxygen atoms in total. The molecule has 6 unspecified atom stereocenters. The fourth-order valence-corrected chi connectivity index (χ4v) is 17.0. The molecule has 354 valence electrons. The van der Waals surface area contributed by atoms with E-state index in [0.717, 1.165) is 61.6 Å². The summed E-state index contributed by atoms with van der Waals surface area (Å²) in [6, 6.07) is 5.90. The molecule has 10 rings (SSSR count). The fraction of sp³-hybridized carbons (Fsp3) is 0.686. The molecule has 65 heavy (non-hydrogen) atoms. The van der Waals surface area contributed by atoms with Gasteiger partial charge in [0.2, 0.25) is 5.91 Å². The maximum absolute atomic E-state index is 14.3. The van der Waals surface area contributed by atoms with Gasteiger partial charge in [-0.1, -0.05) is 46.6 Å². The van der Waals surface area contributed by atoms with Crippen LogP contribution < -0.4 is 21.5 Å². The van der Waals surface area contributed by atoms with Gasteiger partial charge < -0.3 is 41.4 Å². The predicted octanol–water partition coefficient (Wildman–Crippen LogP) is 8.99. The molecular weight excluding hydrogens is 857 g/mol. The Balaban J connectivity index is 1.04. The molecule has 0 radical (unpaired) electrons. The Kier molecular flexibility index (Phi) is 14.2. The van der Waals surface area contributed by atoms with Crippen molar-refractivity contribution < 1.29 is 29.3 Å². The number of nitrogens with zero attached hydrogens (tertiary/aromatic N) is 3. The lowest BCUT2D eigenvalue weighted by molar-refractivity contribution is -0.148. The molecule has 1 amide bonds. The maximum atomic E-state index is 14.3. The summed E-state index contributed by atoms with van der Waals surface area (Å²) in [5, 5.41) is 28.0. The van der Waals surface area contributed by atoms with Crippen molar-refractivity contribution in [3.63, 3.8) is 0 Å². The topological polar surface area (TPSA) is 186 Å². The van der Waals surface area contributed by atoms with Gasteiger partial charge in [-0.2, -0.15) is 0 Å². The maximum Gasteiger partial charge on any atom is 0.302 e. The summed E-state index contributed by atoms with van der Waals surface area (Å²) >= 11 is 0. The first-order valence-corrected chi connectivity index (χ1v) is 27.1. The van der Waals surface area contributed by atoms with Gasteiger partial charge in [0.1, 0.15) is 22.9 Å². The van der Waals surface area contributed by atoms with Crippen LogP contribution in [0.1, 0.15) is 158 Å². The van der Waals surface area contributed by atoms with Crippen LogP contribution in [0, 0.1) is 22.7 Å². The zero-order chi connectivity index (χ0) is 45.2. The summed E-state index contributed by atoms with van der Waals surface area (Å²) in [6.45, 7) is 2.60. The van der Waals surface area contributed by atoms with Crippen molar-refractivity contribution >= 4 is 51.3 Å². The Hall–Kier alpha value is -3.62. The summed E-state index contributed by atoms with van der Waals surface area (Å²) in [4.78, 5) is 37.8. The predicted molar refractivity (Wildman–Crippen MR) is 260 cm³/mol. The van der Waals surface area contributed by atoms with Crippen molar-refractivity contribution in [2.45, 2.75) is 183 Å². The minimum absolute atomic E-state index is 0.0200. The molecule has 7 N–H and O–H groups in total. The molecule has 5 heterocycles. The van der Waals surface area contributed by atoms with Gasteiger partial charge in [0.05, 0.1) is 6.10 Å². The number of aliphatic hydroxyl groups excluding tert-OH is 1. The number of benzene rings is 1. The lowest BCUT2D eigenvalue weighted by atomic mass is 9.78. The second-order valence-corrected chi connectivity index (χ2v) is 23.8. The molecule has 1 aromatic heterocycles. The zero-order valence-electron chi connectivity index (χ0n) is 38.4. The summed E-state index contributed by atoms with van der Waals surface area (Å²) < 4.78 is 12.6. The minimum Gasteiger partial charge on any atom is -0.504 e. The second kappa shape index (κ2) is 19.9. The Morgan fingerprint density at radius 1 is 0.985 bits per heavy atom. The van der Waals surface area contributed by atoms with Crippen LogP contribution in [-0.4, -0.2) is 79.5 Å². The number of ether oxygens (including phenoxy) is 2. The Morgan fingerprint density at radius 3 is 2.58 bits per heavy atom. The third-order valence-corrected chi connectivity index (χ3v) is 20.2. The molecule has 4 aliphatic carbocycles. The Bertz CT molecular complexity index is 2100. The number of aliphatic imine (C=N–C) groups is 1. The number of carbonyl (C=O) groups is 2. The zero-order valence-corrected chi connectivity index (χ0v) is 40.1. The molecule has 6 bridgehead atoms. The van der Waals surface area contributed by atoms with Crippen LogP contribution in [-0.2, 0) is 33.7 Å². The van der Waals surface area contributed by atoms with E-state index in [-0.39, 0.29) is 46.5 Å². The number of guanidine groups is 1. The minimum atomic E-state index is -0.580. The lowest BCUT2D eigenvalue weighted by Gasteiger charge is -2.45. The highest BCUT2D eigenvalue weighted by molar-refractivity contribution is 8.77. The van der Waals surface area contributed by atoms with Gasteiger partial charge >= 0.3 is 5.97 Å². The van der Waals surface area contributed by atoms with E-state index in [9.17, 15) is 19.8 Å². The molecule has 4 aliphatic heterocycles. The third-order valence-electron chi connectivity index (χ3n) is 16.4. The van der Waals surface area contributed by atoms with Crippen LogP contribution in [0.15, 0.2) is 35.5 Å². The summed E-state index contributed by atoms with van der Waals surface area (Å²) in [5.74, 6) is 1.98. The number of nitrogens with two attached hydrogens (primary N) is 2. The van der Waals surface area contributed by atoms with Gasteiger partial charge in [-0.25, -0.2) is 4.98 Å². The van der Waals surface area contributed by atoms with E-state index in [0.29, 0.717) is 92.3 Å². The molecule has 6 atom stereocenters. The van der Waals surface area contributed by atoms with Crippen molar-refractivity contribution in [3.05, 3.63) is 52.7 Å². The van der Waals surface area contributed by atoms with Crippen LogP contribution in [0.3, 0.4) is 0 Å². The van der Waals surface area contributed by atoms with Crippen molar-refractivity contribution in [2.24, 2.45) is 33.4 Å². The molecule has 5 fully saturated rings. The first-order chi connectivity index (χ1) is 31.4. The van der Waals surface area contributed by atoms with Gasteiger partial charge in [0, 0.05) is 78.7 Å². The van der Waals surface area contributed by atoms with Gasteiger partial charge in [-0.15, -0.1) is 0 Å². The largest absolute Gasteiger partial charge is 0.504 e. The van der Waals surface area contributed by atoms with Gasteiger partial charge in [0.15, 0.2) is 17.5 Å². The number of rotatable bonds is 3. The summed E-state index contributed by atoms with van der Waals surface area (Å²) in [6.07, 6.45) is 25.7. The Labute approximate surface area is 393 Å². The number of esters is 1. The highest BCUT2D eigenvalue weighted by atomic mass is 33.1. The average Bonchev–Trinajstić information content (AvgIpc) is 4.05. The summed E-state index contributed by atoms with van der Waals surface area (Å²) in [5.41, 5.74) is 16.3. The molecule has 1 aromatic carbocycles. The number of pyridine rings is 1. The SMILES string of the molecule is CC(=O)OC1CCc2cc(c(O)c3c2C=CC2CCCC2O3)CN2CC(Cc3ccnc(N)c3)(CCN=C(N)NC3(CCCC34CCCC4)SSC3CCC(CCC(O)C1)CC3)CC2=O. The van der Waals surface area contributed by atoms with Crippen LogP contribution in [0.2, 0.25) is 0 Å². The van der Waals surface area contributed by atoms with E-state index >= 15 is 0 Å². The number of aromatic nitrogens is 1. The number of nitrogens with one attached hydrogen (secondary N) is 1. The van der Waals surface area contributed by atoms with Crippen LogP contribution >= 0.6 is 21.6 Å². The van der Waals surface area contributed by atoms with E-state index < -0.39 is 17.6 Å². The number of phenolic OH excluding ortho intramolecular Hbond substituents is 1. The van der Waals surface area contributed by atoms with Crippen LogP contribution in [0.4, 0.5) is 5.82 Å². The first kappa shape index (κ1) is 46.5. The quantitative estimate of drug-likeness (QED) is 0.146. The third kappa shape index (κ3) is 10.4. The monoisotopic (exact) mass is 928 g/mol. The molecule has 4 saturated carbocycles. The lowest BCUT2D eigenvalue weighted by Crippen LogP contribution is -2.55. The molecule has 1 saturated heterocycles. The smallest absolute Gasteiger partial charge is 0.302 e. The molecule has 2 spiro atoms. The normalized spacial score (nSPS) is 33.2. The fourth-order valence-electron chi connectivity index (χ4n) is 13.0. The number of fused-ring (bicyclic) bond motifs is 14. The number of anilines is 1. The van der Waals surface area contributed by atoms with Gasteiger partial charge in [-0.05, 0) is 151 Å². The number of phenols is 1. The second-order valence-electron chi connectivity index (χ2n) is 21.0. The molecule has 2 aromatic rings. The number of hydrogen-bond acceptors (Lipinski definition) is 13. The number of aryl methyl sites for hydroxylation is 1. The van der Waals surface area contributed by atoms with Crippen molar-refractivity contribution in [2.75, 3.05) is 18.8 Å². The van der Waals surface area contributed by atoms with Crippen molar-refractivity contribution in [1.82, 2.24) is 15.2 Å². The molecule has 8 aliphatic rings. The number of carbonyl (C=O) groups excluding carboxylic acids is 2. The van der Waals surface area contributed by atoms with E-state index in [4.69, 9.17) is 25.9 Å². The Morgan fingerprint density at radius 2 is 1.78 bits per heavy atom. The first-order valence-electron chi connectivity index (χ1n) is 24.9. The van der Waals surface area contributed by atoms with E-state index in [1.165, 1.54) is 58.3 Å². The van der Waals surface area contributed by atoms with Crippen LogP contribution in [0.5, 0.6) is 11.5 Å². The van der Waals surface area contributed by atoms with E-state index in [1.54, 1.807) is 6.20 Å². The number of aliphatic hydroxyl groups is 1. The van der Waals surface area contributed by atoms with Gasteiger partial charge in [-0.3, -0.25) is 14.6 Å². The number of hydrogen-bond donors (Lipinski definition) is 5. The van der Waals surface area contributed by atoms with Gasteiger partial charge in [0.25, 0.3) is 0 Å². The number of aromatic hydroxyl groups is 1. The van der Waals surface area contributed by atoms with Crippen LogP contribution in [0.25, 0.3) is 6.08 Å². The van der Waals surface area contributed by atoms with E-state index in [2.05, 4.69) is 33.2 Å². The standard InChI is InChI=1S/C51H72N6O6S2/c1-33(58)62-40-14-11-37-27-38(46(61)47-42(37)17-12-36-6-4-7-43(36)63-47)31-57-32-49(30-45(57)60,29-35-18-24-54-44(52)26-35)23-25-55-48(53)56-51(22-5-21-50(51)19-2-3-20-50)65-64-41-15-9-34(10-16-41)8-13-39(59)28-40/h12,17-18,24,26-27,34,36,39-41,43,59,61H,2-11,13-16,19-23,25,28-32H2,1H3,(H2,52,54)(H3,53,55,56). The van der Waals surface area contributed by atoms with E-state index in [1.807, 2.05) is 33.9 Å². The van der Waals surface area contributed by atoms with Crippen molar-refractivity contribution in [1.29, 1.82) is 0 Å². The molecular formula is C51H72N6O6S2. The number of amides is 1. The highest BCUT2D eigenvalue weighted by Gasteiger charge is 2.57. The average molecular weight is 929 g/mol. The highest BCUT2D eigenvalue weighted by Crippen LogP contribution is 2.64. The molecule has 14 heteroatoms. The number of nitrogen functional groups attached to an aromatic ring is 1. The summed E-state index contributed by atoms with van der Waals surface area (Å²) in [7, 11) is 4.10. The van der Waals surface area contributed by atoms with Crippen molar-refractivity contribution in [3.8, 4) is 11.5 Å².